The van der Waals surface area contributed by atoms with Gasteiger partial charge in [-0.05, 0) is 24.5 Å². The highest BCUT2D eigenvalue weighted by Gasteiger charge is 2.23. The maximum absolute atomic E-state index is 12.0. The van der Waals surface area contributed by atoms with Gasteiger partial charge < -0.3 is 20.5 Å². The van der Waals surface area contributed by atoms with E-state index < -0.39 is 0 Å². The van der Waals surface area contributed by atoms with Gasteiger partial charge in [-0.3, -0.25) is 4.79 Å². The number of benzene rings is 1. The van der Waals surface area contributed by atoms with Crippen molar-refractivity contribution in [1.82, 2.24) is 0 Å². The fraction of sp³-hybridized carbons (Fsp3) is 0.562. The third-order valence-electron chi connectivity index (χ3n) is 3.26. The topological polar surface area (TPSA) is 73.6 Å². The normalized spacial score (nSPS) is 12.7. The molecule has 0 saturated heterocycles. The lowest BCUT2D eigenvalue weighted by Gasteiger charge is -2.26. The third-order valence-corrected chi connectivity index (χ3v) is 3.26. The Kier molecular flexibility index (Phi) is 6.03. The molecule has 1 rings (SSSR count). The summed E-state index contributed by atoms with van der Waals surface area (Å²) in [4.78, 5) is 12.0. The Bertz CT molecular complexity index is 481. The van der Waals surface area contributed by atoms with E-state index in [1.165, 1.54) is 0 Å². The van der Waals surface area contributed by atoms with Crippen LogP contribution in [0.4, 0.5) is 5.69 Å². The van der Waals surface area contributed by atoms with E-state index in [1.807, 2.05) is 27.7 Å². The number of nitrogens with one attached hydrogen (secondary N) is 1. The second-order valence-corrected chi connectivity index (χ2v) is 6.02. The van der Waals surface area contributed by atoms with E-state index in [4.69, 9.17) is 15.2 Å². The summed E-state index contributed by atoms with van der Waals surface area (Å²) in [5, 5.41) is 2.83. The van der Waals surface area contributed by atoms with E-state index in [0.717, 1.165) is 0 Å². The number of methoxy groups -OCH3 is 1. The van der Waals surface area contributed by atoms with E-state index in [2.05, 4.69) is 5.32 Å². The minimum Gasteiger partial charge on any atom is -0.493 e. The number of carbonyl (C=O) groups is 1. The molecule has 0 aliphatic rings. The summed E-state index contributed by atoms with van der Waals surface area (Å²) >= 11 is 0. The largest absolute Gasteiger partial charge is 0.493 e. The van der Waals surface area contributed by atoms with Crippen LogP contribution in [0.25, 0.3) is 0 Å². The van der Waals surface area contributed by atoms with Gasteiger partial charge >= 0.3 is 0 Å². The predicted molar refractivity (Wildman–Crippen MR) is 84.8 cm³/mol. The third kappa shape index (κ3) is 5.27. The number of carbonyl (C=O) groups excluding carboxylic acids is 1. The van der Waals surface area contributed by atoms with Gasteiger partial charge in [-0.1, -0.05) is 20.8 Å². The summed E-state index contributed by atoms with van der Waals surface area (Å²) in [5.74, 6) is 1.14. The highest BCUT2D eigenvalue weighted by atomic mass is 16.5. The van der Waals surface area contributed by atoms with Crippen molar-refractivity contribution in [3.63, 3.8) is 0 Å². The van der Waals surface area contributed by atoms with Gasteiger partial charge in [-0.15, -0.1) is 0 Å². The van der Waals surface area contributed by atoms with Gasteiger partial charge in [0.15, 0.2) is 11.5 Å². The zero-order chi connectivity index (χ0) is 16.0. The molecule has 1 amide bonds. The highest BCUT2D eigenvalue weighted by molar-refractivity contribution is 5.91. The molecule has 0 radical (unpaired) electrons. The van der Waals surface area contributed by atoms with Crippen LogP contribution < -0.4 is 20.5 Å². The van der Waals surface area contributed by atoms with E-state index in [9.17, 15) is 4.79 Å². The Morgan fingerprint density at radius 2 is 2.00 bits per heavy atom. The Balaban J connectivity index is 2.72. The molecular formula is C16H26N2O3. The van der Waals surface area contributed by atoms with Gasteiger partial charge in [0, 0.05) is 24.2 Å². The van der Waals surface area contributed by atoms with Gasteiger partial charge in [-0.25, -0.2) is 0 Å². The lowest BCUT2D eigenvalue weighted by Crippen LogP contribution is -2.38. The molecule has 0 heterocycles. The molecule has 3 N–H and O–H groups in total. The molecular weight excluding hydrogens is 268 g/mol. The summed E-state index contributed by atoms with van der Waals surface area (Å²) in [6.45, 7) is 8.52. The SMILES string of the molecule is CCOc1ccc(NC(=O)CC(N)C(C)(C)C)cc1OC. The van der Waals surface area contributed by atoms with Crippen LogP contribution in [0.5, 0.6) is 11.5 Å². The molecule has 0 aromatic heterocycles. The maximum Gasteiger partial charge on any atom is 0.225 e. The molecule has 0 saturated carbocycles. The van der Waals surface area contributed by atoms with Crippen LogP contribution in [0.15, 0.2) is 18.2 Å². The summed E-state index contributed by atoms with van der Waals surface area (Å²) in [6, 6.07) is 5.11. The van der Waals surface area contributed by atoms with Gasteiger partial charge in [0.25, 0.3) is 0 Å². The van der Waals surface area contributed by atoms with Gasteiger partial charge in [-0.2, -0.15) is 0 Å². The Morgan fingerprint density at radius 1 is 1.33 bits per heavy atom. The molecule has 1 atom stereocenters. The van der Waals surface area contributed by atoms with E-state index >= 15 is 0 Å². The predicted octanol–water partition coefficient (Wildman–Crippen LogP) is 2.80. The van der Waals surface area contributed by atoms with Crippen LogP contribution in [0.2, 0.25) is 0 Å². The van der Waals surface area contributed by atoms with Crippen molar-refractivity contribution in [3.05, 3.63) is 18.2 Å². The molecule has 21 heavy (non-hydrogen) atoms. The Hall–Kier alpha value is -1.75. The van der Waals surface area contributed by atoms with E-state index in [-0.39, 0.29) is 23.8 Å². The minimum atomic E-state index is -0.193. The number of anilines is 1. The zero-order valence-corrected chi connectivity index (χ0v) is 13.5. The summed E-state index contributed by atoms with van der Waals surface area (Å²) in [6.07, 6.45) is 0.277. The fourth-order valence-electron chi connectivity index (χ4n) is 1.74. The Morgan fingerprint density at radius 3 is 2.52 bits per heavy atom. The minimum absolute atomic E-state index is 0.103. The second-order valence-electron chi connectivity index (χ2n) is 6.02. The van der Waals surface area contributed by atoms with Gasteiger partial charge in [0.2, 0.25) is 5.91 Å². The number of ether oxygens (including phenoxy) is 2. The summed E-state index contributed by atoms with van der Waals surface area (Å²) in [7, 11) is 1.57. The first kappa shape index (κ1) is 17.3. The molecule has 0 bridgehead atoms. The first-order valence-electron chi connectivity index (χ1n) is 7.14. The molecule has 5 nitrogen and oxygen atoms in total. The molecule has 1 unspecified atom stereocenters. The lowest BCUT2D eigenvalue weighted by molar-refractivity contribution is -0.117. The second kappa shape index (κ2) is 7.31. The fourth-order valence-corrected chi connectivity index (χ4v) is 1.74. The zero-order valence-electron chi connectivity index (χ0n) is 13.5. The highest BCUT2D eigenvalue weighted by Crippen LogP contribution is 2.30. The molecule has 0 fully saturated rings. The maximum atomic E-state index is 12.0. The van der Waals surface area contributed by atoms with Crippen molar-refractivity contribution < 1.29 is 14.3 Å². The monoisotopic (exact) mass is 294 g/mol. The van der Waals surface area contributed by atoms with Gasteiger partial charge in [0.1, 0.15) is 0 Å². The lowest BCUT2D eigenvalue weighted by atomic mass is 9.85. The molecule has 1 aromatic rings. The van der Waals surface area contributed by atoms with E-state index in [0.29, 0.717) is 23.8 Å². The number of hydrogen-bond donors (Lipinski definition) is 2. The summed E-state index contributed by atoms with van der Waals surface area (Å²) < 4.78 is 10.7. The van der Waals surface area contributed by atoms with Crippen LogP contribution in [-0.2, 0) is 4.79 Å². The van der Waals surface area contributed by atoms with Crippen molar-refractivity contribution >= 4 is 11.6 Å². The molecule has 1 aromatic carbocycles. The Labute approximate surface area is 126 Å². The quantitative estimate of drug-likeness (QED) is 0.846. The van der Waals surface area contributed by atoms with Crippen LogP contribution in [0.3, 0.4) is 0 Å². The van der Waals surface area contributed by atoms with Crippen LogP contribution in [0.1, 0.15) is 34.1 Å². The number of amides is 1. The summed E-state index contributed by atoms with van der Waals surface area (Å²) in [5.41, 5.74) is 6.58. The number of rotatable bonds is 6. The average Bonchev–Trinajstić information content (AvgIpc) is 2.39. The standard InChI is InChI=1S/C16H26N2O3/c1-6-21-12-8-7-11(9-13(12)20-5)18-15(19)10-14(17)16(2,3)4/h7-9,14H,6,10,17H2,1-5H3,(H,18,19). The molecule has 118 valence electrons. The molecule has 0 aliphatic heterocycles. The number of nitrogens with two attached hydrogens (primary N) is 1. The van der Waals surface area contributed by atoms with Crippen molar-refractivity contribution in [2.45, 2.75) is 40.2 Å². The first-order valence-corrected chi connectivity index (χ1v) is 7.14. The van der Waals surface area contributed by atoms with Crippen LogP contribution >= 0.6 is 0 Å². The number of hydrogen-bond acceptors (Lipinski definition) is 4. The molecule has 0 aliphatic carbocycles. The van der Waals surface area contributed by atoms with Crippen LogP contribution in [0, 0.1) is 5.41 Å². The molecule has 5 heteroatoms. The van der Waals surface area contributed by atoms with E-state index in [1.54, 1.807) is 25.3 Å². The smallest absolute Gasteiger partial charge is 0.225 e. The van der Waals surface area contributed by atoms with Crippen LogP contribution in [-0.4, -0.2) is 25.7 Å². The average molecular weight is 294 g/mol. The van der Waals surface area contributed by atoms with Crippen molar-refractivity contribution in [1.29, 1.82) is 0 Å². The van der Waals surface area contributed by atoms with Crippen molar-refractivity contribution in [3.8, 4) is 11.5 Å². The molecule has 0 spiro atoms. The van der Waals surface area contributed by atoms with Crippen molar-refractivity contribution in [2.24, 2.45) is 11.1 Å². The first-order chi connectivity index (χ1) is 9.77. The van der Waals surface area contributed by atoms with Crippen molar-refractivity contribution in [2.75, 3.05) is 19.0 Å². The van der Waals surface area contributed by atoms with Gasteiger partial charge in [0.05, 0.1) is 13.7 Å².